The predicted octanol–water partition coefficient (Wildman–Crippen LogP) is 1.14. The van der Waals surface area contributed by atoms with Gasteiger partial charge in [0.1, 0.15) is 0 Å². The standard InChI is InChI=1S/C2H4.N2O/c1-2;1-2-3/h1-2H2;. The third-order valence-electron chi connectivity index (χ3n) is 0. The van der Waals surface area contributed by atoms with E-state index in [2.05, 4.69) is 13.2 Å². The van der Waals surface area contributed by atoms with Crippen molar-refractivity contribution in [2.45, 2.75) is 0 Å². The van der Waals surface area contributed by atoms with Crippen LogP contribution in [-0.2, 0) is 0 Å². The Labute approximate surface area is 30.1 Å². The first-order valence-electron chi connectivity index (χ1n) is 0.883. The SMILES string of the molecule is C=C.N#[N+][O-]. The number of rotatable bonds is 0. The molecule has 0 aromatic heterocycles. The van der Waals surface area contributed by atoms with Crippen molar-refractivity contribution in [1.82, 2.24) is 0 Å². The van der Waals surface area contributed by atoms with Crippen LogP contribution in [0.25, 0.3) is 5.14 Å². The van der Waals surface area contributed by atoms with E-state index in [4.69, 9.17) is 10.6 Å². The van der Waals surface area contributed by atoms with E-state index in [9.17, 15) is 0 Å². The molecule has 0 atom stereocenters. The fourth-order valence-electron chi connectivity index (χ4n) is 0. The number of diazo groups is 1. The zero-order chi connectivity index (χ0) is 4.71. The van der Waals surface area contributed by atoms with E-state index in [0.29, 0.717) is 0 Å². The van der Waals surface area contributed by atoms with Crippen LogP contribution in [0.4, 0.5) is 0 Å². The molecule has 0 heterocycles. The Bertz CT molecular complexity index is 37.4. The summed E-state index contributed by atoms with van der Waals surface area (Å²) >= 11 is 0. The highest BCUT2D eigenvalue weighted by Gasteiger charge is 1.19. The Kier molecular flexibility index (Phi) is 12800. The van der Waals surface area contributed by atoms with Crippen molar-refractivity contribution in [2.24, 2.45) is 0 Å². The van der Waals surface area contributed by atoms with E-state index >= 15 is 0 Å². The second-order valence-electron chi connectivity index (χ2n) is 0.0816. The van der Waals surface area contributed by atoms with E-state index in [0.717, 1.165) is 0 Å². The first-order chi connectivity index (χ1) is 2.41. The summed E-state index contributed by atoms with van der Waals surface area (Å²) in [5, 5.41) is 16.0. The molecule has 5 heavy (non-hydrogen) atoms. The maximum Gasteiger partial charge on any atom is 0.237 e. The largest absolute Gasteiger partial charge is 0.463 e. The molecule has 0 radical (unpaired) electrons. The molecule has 0 spiro atoms. The molecule has 0 unspecified atom stereocenters. The van der Waals surface area contributed by atoms with Gasteiger partial charge in [0.2, 0.25) is 10.5 Å². The van der Waals surface area contributed by atoms with Gasteiger partial charge in [-0.05, 0) is 0 Å². The molecule has 0 saturated heterocycles. The monoisotopic (exact) mass is 72.0 g/mol. The molecular weight excluding hydrogens is 68.0 g/mol. The van der Waals surface area contributed by atoms with Gasteiger partial charge in [0.15, 0.2) is 0 Å². The topological polar surface area (TPSA) is 51.2 Å². The van der Waals surface area contributed by atoms with Gasteiger partial charge < -0.3 is 5.21 Å². The van der Waals surface area contributed by atoms with Gasteiger partial charge in [0.25, 0.3) is 0 Å². The molecule has 0 saturated carbocycles. The van der Waals surface area contributed by atoms with Crippen LogP contribution < -0.4 is 0 Å². The van der Waals surface area contributed by atoms with Crippen molar-refractivity contribution in [3.05, 3.63) is 23.5 Å². The van der Waals surface area contributed by atoms with Crippen LogP contribution in [0.5, 0.6) is 0 Å². The minimum atomic E-state index is 1.25. The van der Waals surface area contributed by atoms with Crippen LogP contribution in [0.15, 0.2) is 13.2 Å². The maximum atomic E-state index is 8.11. The van der Waals surface area contributed by atoms with Gasteiger partial charge in [-0.15, -0.1) is 13.2 Å². The van der Waals surface area contributed by atoms with Crippen LogP contribution in [0.1, 0.15) is 0 Å². The quantitative estimate of drug-likeness (QED) is 0.245. The maximum absolute atomic E-state index is 8.11. The van der Waals surface area contributed by atoms with E-state index in [1.54, 1.807) is 0 Å². The highest BCUT2D eigenvalue weighted by Crippen LogP contribution is 1.32. The number of hydrogen-bond donors (Lipinski definition) is 0. The molecule has 0 N–H and O–H groups in total. The molecule has 3 heteroatoms. The molecule has 0 rings (SSSR count). The molecule has 3 nitrogen and oxygen atoms in total. The van der Waals surface area contributed by atoms with Crippen LogP contribution in [0.2, 0.25) is 0 Å². The summed E-state index contributed by atoms with van der Waals surface area (Å²) < 4.78 is 0. The molecule has 0 aliphatic heterocycles. The zero-order valence-corrected chi connectivity index (χ0v) is 2.72. The molecule has 0 amide bonds. The predicted molar refractivity (Wildman–Crippen MR) is 19.7 cm³/mol. The summed E-state index contributed by atoms with van der Waals surface area (Å²) in [5.41, 5.74) is 0. The Hall–Kier alpha value is -1.04. The van der Waals surface area contributed by atoms with Gasteiger partial charge in [-0.1, -0.05) is 0 Å². The van der Waals surface area contributed by atoms with E-state index in [1.165, 1.54) is 5.14 Å². The van der Waals surface area contributed by atoms with Crippen molar-refractivity contribution < 1.29 is 0 Å². The molecule has 28 valence electrons. The number of nitrogens with zero attached hydrogens (tertiary/aromatic N) is 2. The lowest BCUT2D eigenvalue weighted by molar-refractivity contribution is 1.48. The Balaban J connectivity index is 0. The van der Waals surface area contributed by atoms with Gasteiger partial charge in [-0.25, -0.2) is 0 Å². The smallest absolute Gasteiger partial charge is 0.237 e. The molecule has 0 aliphatic rings. The molecule has 0 aromatic carbocycles. The van der Waals surface area contributed by atoms with Crippen molar-refractivity contribution in [1.29, 1.82) is 5.39 Å². The fraction of sp³-hybridized carbons (Fsp3) is 0. The normalized spacial score (nSPS) is 2.20. The van der Waals surface area contributed by atoms with Gasteiger partial charge in [-0.3, -0.25) is 0 Å². The van der Waals surface area contributed by atoms with Gasteiger partial charge in [0.05, 0.1) is 0 Å². The van der Waals surface area contributed by atoms with Gasteiger partial charge in [-0.2, -0.15) is 0 Å². The summed E-state index contributed by atoms with van der Waals surface area (Å²) in [6.07, 6.45) is 0. The molecule has 0 aromatic rings. The van der Waals surface area contributed by atoms with Crippen LogP contribution in [0, 0.1) is 10.6 Å². The Morgan fingerprint density at radius 3 is 1.60 bits per heavy atom. The third-order valence-corrected chi connectivity index (χ3v) is 0. The highest BCUT2D eigenvalue weighted by molar-refractivity contribution is 4.43. The molecule has 0 aliphatic carbocycles. The minimum absolute atomic E-state index is 1.25. The highest BCUT2D eigenvalue weighted by atomic mass is 16.4. The summed E-state index contributed by atoms with van der Waals surface area (Å²) in [4.78, 5) is 0. The van der Waals surface area contributed by atoms with Gasteiger partial charge in [0, 0.05) is 0 Å². The summed E-state index contributed by atoms with van der Waals surface area (Å²) in [7, 11) is 0. The minimum Gasteiger partial charge on any atom is -0.463 e. The van der Waals surface area contributed by atoms with E-state index in [1.807, 2.05) is 0 Å². The first-order valence-corrected chi connectivity index (χ1v) is 0.883. The summed E-state index contributed by atoms with van der Waals surface area (Å²) in [6, 6.07) is 0. The summed E-state index contributed by atoms with van der Waals surface area (Å²) in [6.45, 7) is 6.00. The Morgan fingerprint density at radius 1 is 1.60 bits per heavy atom. The van der Waals surface area contributed by atoms with Crippen molar-refractivity contribution in [3.63, 3.8) is 0 Å². The van der Waals surface area contributed by atoms with Crippen molar-refractivity contribution in [3.8, 4) is 0 Å². The average molecular weight is 72.1 g/mol. The van der Waals surface area contributed by atoms with Crippen molar-refractivity contribution in [2.75, 3.05) is 0 Å². The Morgan fingerprint density at radius 2 is 1.60 bits per heavy atom. The van der Waals surface area contributed by atoms with Crippen LogP contribution in [-0.4, -0.2) is 0 Å². The molecule has 0 fully saturated rings. The van der Waals surface area contributed by atoms with Crippen LogP contribution >= 0.6 is 0 Å². The van der Waals surface area contributed by atoms with Gasteiger partial charge >= 0.3 is 0 Å². The number of hydrogen-bond acceptors (Lipinski definition) is 2. The van der Waals surface area contributed by atoms with Crippen LogP contribution in [0.3, 0.4) is 0 Å². The third kappa shape index (κ3) is 2.52. The van der Waals surface area contributed by atoms with Crippen molar-refractivity contribution >= 4 is 0 Å². The fourth-order valence-corrected chi connectivity index (χ4v) is 0. The lowest BCUT2D eigenvalue weighted by atomic mass is 11.3. The molecule has 0 bridgehead atoms. The lowest BCUT2D eigenvalue weighted by Gasteiger charge is -1.26. The van der Waals surface area contributed by atoms with E-state index < -0.39 is 0 Å². The average Bonchev–Trinajstić information content (AvgIpc) is 1.46. The first kappa shape index (κ1) is 9.03. The second kappa shape index (κ2) is 7110. The zero-order valence-electron chi connectivity index (χ0n) is 2.72. The second-order valence-corrected chi connectivity index (χ2v) is 0.0816. The lowest BCUT2D eigenvalue weighted by Crippen LogP contribution is -1.00. The summed E-state index contributed by atoms with van der Waals surface area (Å²) in [5.74, 6) is 0. The molecular formula is C2H4N2O. The van der Waals surface area contributed by atoms with E-state index in [-0.39, 0.29) is 0 Å².